The molecular weight excluding hydrogens is 300 g/mol. The number of rotatable bonds is 4. The van der Waals surface area contributed by atoms with Crippen molar-refractivity contribution < 1.29 is 13.6 Å². The maximum atomic E-state index is 13.6. The smallest absolute Gasteiger partial charge is 0.244 e. The van der Waals surface area contributed by atoms with Crippen LogP contribution in [0.15, 0.2) is 42.5 Å². The highest BCUT2D eigenvalue weighted by Crippen LogP contribution is 2.19. The molecule has 0 aliphatic carbocycles. The number of nitrogens with one attached hydrogen (secondary N) is 1. The molecule has 4 nitrogen and oxygen atoms in total. The third-order valence-corrected chi connectivity index (χ3v) is 3.58. The molecule has 0 fully saturated rings. The highest BCUT2D eigenvalue weighted by molar-refractivity contribution is 5.92. The van der Waals surface area contributed by atoms with Gasteiger partial charge < -0.3 is 9.88 Å². The van der Waals surface area contributed by atoms with E-state index in [4.69, 9.17) is 0 Å². The summed E-state index contributed by atoms with van der Waals surface area (Å²) in [6, 6.07) is 10.9. The minimum Gasteiger partial charge on any atom is -0.320 e. The summed E-state index contributed by atoms with van der Waals surface area (Å²) in [6.45, 7) is 1.88. The largest absolute Gasteiger partial charge is 0.320 e. The maximum Gasteiger partial charge on any atom is 0.244 e. The Balaban J connectivity index is 1.89. The molecule has 0 aliphatic rings. The lowest BCUT2D eigenvalue weighted by Crippen LogP contribution is -2.21. The van der Waals surface area contributed by atoms with Gasteiger partial charge in [-0.1, -0.05) is 25.1 Å². The van der Waals surface area contributed by atoms with Gasteiger partial charge in [0, 0.05) is 6.42 Å². The van der Waals surface area contributed by atoms with Crippen LogP contribution >= 0.6 is 0 Å². The second kappa shape index (κ2) is 6.16. The SMILES string of the molecule is CCc1nc2ccccc2n1CC(=O)Nc1c(F)cccc1F. The van der Waals surface area contributed by atoms with Crippen LogP contribution in [0.25, 0.3) is 11.0 Å². The first-order valence-electron chi connectivity index (χ1n) is 7.28. The molecule has 0 aliphatic heterocycles. The number of nitrogens with zero attached hydrogens (tertiary/aromatic N) is 2. The normalized spacial score (nSPS) is 10.9. The van der Waals surface area contributed by atoms with Gasteiger partial charge >= 0.3 is 0 Å². The average molecular weight is 315 g/mol. The molecule has 3 rings (SSSR count). The Kier molecular flexibility index (Phi) is 4.06. The summed E-state index contributed by atoms with van der Waals surface area (Å²) in [4.78, 5) is 16.7. The molecule has 0 radical (unpaired) electrons. The number of carbonyl (C=O) groups is 1. The van der Waals surface area contributed by atoms with Gasteiger partial charge in [-0.2, -0.15) is 0 Å². The quantitative estimate of drug-likeness (QED) is 0.801. The Morgan fingerprint density at radius 3 is 2.52 bits per heavy atom. The first-order chi connectivity index (χ1) is 11.1. The van der Waals surface area contributed by atoms with Gasteiger partial charge in [-0.15, -0.1) is 0 Å². The number of hydrogen-bond donors (Lipinski definition) is 1. The van der Waals surface area contributed by atoms with Crippen LogP contribution in [0.1, 0.15) is 12.7 Å². The highest BCUT2D eigenvalue weighted by atomic mass is 19.1. The first-order valence-corrected chi connectivity index (χ1v) is 7.28. The van der Waals surface area contributed by atoms with Crippen molar-refractivity contribution in [1.82, 2.24) is 9.55 Å². The number of hydrogen-bond acceptors (Lipinski definition) is 2. The van der Waals surface area contributed by atoms with Gasteiger partial charge in [-0.3, -0.25) is 4.79 Å². The fourth-order valence-electron chi connectivity index (χ4n) is 2.51. The molecular formula is C17H15F2N3O. The van der Waals surface area contributed by atoms with E-state index in [0.717, 1.165) is 29.0 Å². The highest BCUT2D eigenvalue weighted by Gasteiger charge is 2.15. The lowest BCUT2D eigenvalue weighted by Gasteiger charge is -2.10. The molecule has 1 amide bonds. The summed E-state index contributed by atoms with van der Waals surface area (Å²) < 4.78 is 29.0. The maximum absolute atomic E-state index is 13.6. The molecule has 0 saturated heterocycles. The zero-order chi connectivity index (χ0) is 16.4. The molecule has 118 valence electrons. The summed E-state index contributed by atoms with van der Waals surface area (Å²) in [5.41, 5.74) is 1.17. The molecule has 1 aromatic heterocycles. The molecule has 0 atom stereocenters. The van der Waals surface area contributed by atoms with Gasteiger partial charge in [-0.05, 0) is 24.3 Å². The van der Waals surface area contributed by atoms with E-state index in [9.17, 15) is 13.6 Å². The second-order valence-corrected chi connectivity index (χ2v) is 5.10. The summed E-state index contributed by atoms with van der Waals surface area (Å²) in [5, 5.41) is 2.30. The molecule has 0 unspecified atom stereocenters. The molecule has 23 heavy (non-hydrogen) atoms. The summed E-state index contributed by atoms with van der Waals surface area (Å²) >= 11 is 0. The van der Waals surface area contributed by atoms with E-state index in [1.54, 1.807) is 4.57 Å². The van der Waals surface area contributed by atoms with Gasteiger partial charge in [0.25, 0.3) is 0 Å². The first kappa shape index (κ1) is 15.1. The number of para-hydroxylation sites is 3. The number of carbonyl (C=O) groups excluding carboxylic acids is 1. The Morgan fingerprint density at radius 1 is 1.13 bits per heavy atom. The average Bonchev–Trinajstić information content (AvgIpc) is 2.89. The van der Waals surface area contributed by atoms with Crippen molar-refractivity contribution in [2.45, 2.75) is 19.9 Å². The third-order valence-electron chi connectivity index (χ3n) is 3.58. The van der Waals surface area contributed by atoms with Gasteiger partial charge in [-0.25, -0.2) is 13.8 Å². The number of aryl methyl sites for hydroxylation is 1. The minimum atomic E-state index is -0.801. The van der Waals surface area contributed by atoms with E-state index in [0.29, 0.717) is 6.42 Å². The van der Waals surface area contributed by atoms with Crippen LogP contribution in [-0.4, -0.2) is 15.5 Å². The van der Waals surface area contributed by atoms with Gasteiger partial charge in [0.05, 0.1) is 11.0 Å². The fourth-order valence-corrected chi connectivity index (χ4v) is 2.51. The second-order valence-electron chi connectivity index (χ2n) is 5.10. The minimum absolute atomic E-state index is 0.0581. The van der Waals surface area contributed by atoms with Crippen LogP contribution < -0.4 is 5.32 Å². The topological polar surface area (TPSA) is 46.9 Å². The van der Waals surface area contributed by atoms with Crippen molar-refractivity contribution in [1.29, 1.82) is 0 Å². The number of benzene rings is 2. The molecule has 2 aromatic carbocycles. The third kappa shape index (κ3) is 2.92. The Labute approximate surface area is 131 Å². The molecule has 6 heteroatoms. The van der Waals surface area contributed by atoms with Crippen molar-refractivity contribution in [3.63, 3.8) is 0 Å². The van der Waals surface area contributed by atoms with Crippen molar-refractivity contribution in [3.05, 3.63) is 59.9 Å². The van der Waals surface area contributed by atoms with Crippen LogP contribution in [-0.2, 0) is 17.8 Å². The van der Waals surface area contributed by atoms with Crippen molar-refractivity contribution in [2.24, 2.45) is 0 Å². The number of aromatic nitrogens is 2. The fraction of sp³-hybridized carbons (Fsp3) is 0.176. The molecule has 1 N–H and O–H groups in total. The number of imidazole rings is 1. The van der Waals surface area contributed by atoms with Crippen LogP contribution in [0, 0.1) is 11.6 Å². The van der Waals surface area contributed by atoms with E-state index >= 15 is 0 Å². The lowest BCUT2D eigenvalue weighted by atomic mass is 10.3. The molecule has 0 saturated carbocycles. The molecule has 0 bridgehead atoms. The Bertz CT molecular complexity index is 853. The number of fused-ring (bicyclic) bond motifs is 1. The van der Waals surface area contributed by atoms with Crippen molar-refractivity contribution in [3.8, 4) is 0 Å². The number of amides is 1. The number of anilines is 1. The molecule has 0 spiro atoms. The van der Waals surface area contributed by atoms with E-state index in [2.05, 4.69) is 10.3 Å². The van der Waals surface area contributed by atoms with E-state index in [-0.39, 0.29) is 6.54 Å². The number of halogens is 2. The molecule has 3 aromatic rings. The summed E-state index contributed by atoms with van der Waals surface area (Å²) in [5.74, 6) is -1.36. The predicted octanol–water partition coefficient (Wildman–Crippen LogP) is 3.52. The Hall–Kier alpha value is -2.76. The van der Waals surface area contributed by atoms with E-state index in [1.807, 2.05) is 31.2 Å². The van der Waals surface area contributed by atoms with Crippen LogP contribution in [0.5, 0.6) is 0 Å². The van der Waals surface area contributed by atoms with Crippen LogP contribution in [0.3, 0.4) is 0 Å². The monoisotopic (exact) mass is 315 g/mol. The van der Waals surface area contributed by atoms with Gasteiger partial charge in [0.2, 0.25) is 5.91 Å². The molecule has 1 heterocycles. The van der Waals surface area contributed by atoms with Crippen LogP contribution in [0.4, 0.5) is 14.5 Å². The van der Waals surface area contributed by atoms with E-state index in [1.165, 1.54) is 6.07 Å². The van der Waals surface area contributed by atoms with Crippen molar-refractivity contribution >= 4 is 22.6 Å². The van der Waals surface area contributed by atoms with E-state index < -0.39 is 23.2 Å². The zero-order valence-corrected chi connectivity index (χ0v) is 12.5. The standard InChI is InChI=1S/C17H15F2N3O/c1-2-15-20-13-8-3-4-9-14(13)22(15)10-16(23)21-17-11(18)6-5-7-12(17)19/h3-9H,2,10H2,1H3,(H,21,23). The summed E-state index contributed by atoms with van der Waals surface area (Å²) in [7, 11) is 0. The predicted molar refractivity (Wildman–Crippen MR) is 84.1 cm³/mol. The van der Waals surface area contributed by atoms with Gasteiger partial charge in [0.1, 0.15) is 29.7 Å². The Morgan fingerprint density at radius 2 is 1.83 bits per heavy atom. The van der Waals surface area contributed by atoms with Crippen LogP contribution in [0.2, 0.25) is 0 Å². The summed E-state index contributed by atoms with van der Waals surface area (Å²) in [6.07, 6.45) is 0.649. The van der Waals surface area contributed by atoms with Crippen molar-refractivity contribution in [2.75, 3.05) is 5.32 Å². The van der Waals surface area contributed by atoms with Gasteiger partial charge in [0.15, 0.2) is 0 Å². The zero-order valence-electron chi connectivity index (χ0n) is 12.5. The lowest BCUT2D eigenvalue weighted by molar-refractivity contribution is -0.116.